The molecule has 3 aromatic rings. The predicted octanol–water partition coefficient (Wildman–Crippen LogP) is 4.50. The van der Waals surface area contributed by atoms with Crippen LogP contribution in [0.25, 0.3) is 20.4 Å². The lowest BCUT2D eigenvalue weighted by molar-refractivity contribution is -0.0401. The number of thiophene rings is 1. The molecule has 0 saturated heterocycles. The van der Waals surface area contributed by atoms with E-state index in [1.807, 2.05) is 0 Å². The normalized spacial score (nSPS) is 16.2. The van der Waals surface area contributed by atoms with Gasteiger partial charge in [-0.2, -0.15) is 0 Å². The topological polar surface area (TPSA) is 51.1 Å². The largest absolute Gasteiger partial charge is 0.370 e. The number of hydrogen-bond acceptors (Lipinski definition) is 6. The third-order valence-electron chi connectivity index (χ3n) is 5.29. The number of fused-ring (bicyclic) bond motifs is 5. The lowest BCUT2D eigenvalue weighted by atomic mass is 9.89. The lowest BCUT2D eigenvalue weighted by Crippen LogP contribution is -2.32. The number of aromatic nitrogens is 3. The Labute approximate surface area is 158 Å². The van der Waals surface area contributed by atoms with Crippen molar-refractivity contribution < 1.29 is 4.74 Å². The van der Waals surface area contributed by atoms with Crippen molar-refractivity contribution in [2.24, 2.45) is 0 Å². The molecule has 0 fully saturated rings. The first kappa shape index (κ1) is 17.6. The van der Waals surface area contributed by atoms with Gasteiger partial charge in [0.2, 0.25) is 0 Å². The van der Waals surface area contributed by atoms with Gasteiger partial charge in [0.25, 0.3) is 0 Å². The highest BCUT2D eigenvalue weighted by molar-refractivity contribution is 7.26. The van der Waals surface area contributed by atoms with E-state index in [-0.39, 0.29) is 5.60 Å². The summed E-state index contributed by atoms with van der Waals surface area (Å²) in [7, 11) is 0. The molecule has 0 spiro atoms. The van der Waals surface area contributed by atoms with Crippen molar-refractivity contribution in [2.75, 3.05) is 18.0 Å². The second-order valence-corrected chi connectivity index (χ2v) is 8.42. The van der Waals surface area contributed by atoms with Gasteiger partial charge in [0, 0.05) is 36.2 Å². The minimum atomic E-state index is -0.157. The lowest BCUT2D eigenvalue weighted by Gasteiger charge is -2.33. The van der Waals surface area contributed by atoms with Gasteiger partial charge in [-0.1, -0.05) is 6.92 Å². The van der Waals surface area contributed by atoms with Gasteiger partial charge in [-0.25, -0.2) is 15.0 Å². The molecule has 138 valence electrons. The van der Waals surface area contributed by atoms with E-state index < -0.39 is 0 Å². The zero-order valence-electron chi connectivity index (χ0n) is 16.2. The fourth-order valence-electron chi connectivity index (χ4n) is 3.90. The molecule has 6 heteroatoms. The number of rotatable bonds is 4. The van der Waals surface area contributed by atoms with Gasteiger partial charge in [-0.3, -0.25) is 0 Å². The van der Waals surface area contributed by atoms with Crippen LogP contribution in [0.5, 0.6) is 0 Å². The van der Waals surface area contributed by atoms with E-state index in [1.54, 1.807) is 17.7 Å². The monoisotopic (exact) mass is 370 g/mol. The first-order valence-electron chi connectivity index (χ1n) is 9.45. The van der Waals surface area contributed by atoms with Crippen LogP contribution in [0.4, 0.5) is 5.82 Å². The number of hydrogen-bond donors (Lipinski definition) is 0. The van der Waals surface area contributed by atoms with E-state index in [2.05, 4.69) is 49.5 Å². The highest BCUT2D eigenvalue weighted by Crippen LogP contribution is 2.42. The molecule has 0 bridgehead atoms. The van der Waals surface area contributed by atoms with Gasteiger partial charge in [-0.05, 0) is 39.7 Å². The van der Waals surface area contributed by atoms with Crippen LogP contribution in [0.2, 0.25) is 0 Å². The summed E-state index contributed by atoms with van der Waals surface area (Å²) in [6.45, 7) is 13.3. The molecule has 1 aliphatic heterocycles. The molecule has 4 heterocycles. The van der Waals surface area contributed by atoms with Crippen molar-refractivity contribution in [3.05, 3.63) is 23.1 Å². The van der Waals surface area contributed by atoms with Crippen molar-refractivity contribution >= 4 is 37.6 Å². The molecule has 26 heavy (non-hydrogen) atoms. The standard InChI is InChI=1S/C20H26N4OS/c1-6-14-13-10-25-20(4,5)9-12(13)15-16-17(26-19(15)23-14)18(22-11-21-16)24(7-2)8-3/h11H,6-10H2,1-5H3. The summed E-state index contributed by atoms with van der Waals surface area (Å²) in [4.78, 5) is 17.7. The molecule has 0 aromatic carbocycles. The highest BCUT2D eigenvalue weighted by atomic mass is 32.1. The summed E-state index contributed by atoms with van der Waals surface area (Å²) in [6, 6.07) is 0. The maximum atomic E-state index is 6.09. The maximum Gasteiger partial charge on any atom is 0.150 e. The third kappa shape index (κ3) is 2.67. The van der Waals surface area contributed by atoms with Crippen molar-refractivity contribution in [1.29, 1.82) is 0 Å². The van der Waals surface area contributed by atoms with Crippen LogP contribution in [-0.2, 0) is 24.2 Å². The number of ether oxygens (including phenoxy) is 1. The summed E-state index contributed by atoms with van der Waals surface area (Å²) in [6.07, 6.45) is 3.52. The van der Waals surface area contributed by atoms with Gasteiger partial charge < -0.3 is 9.64 Å². The Morgan fingerprint density at radius 1 is 1.15 bits per heavy atom. The summed E-state index contributed by atoms with van der Waals surface area (Å²) in [5, 5.41) is 1.21. The predicted molar refractivity (Wildman–Crippen MR) is 108 cm³/mol. The summed E-state index contributed by atoms with van der Waals surface area (Å²) in [5.41, 5.74) is 4.69. The fraction of sp³-hybridized carbons (Fsp3) is 0.550. The summed E-state index contributed by atoms with van der Waals surface area (Å²) < 4.78 is 7.24. The average Bonchev–Trinajstić information content (AvgIpc) is 3.00. The van der Waals surface area contributed by atoms with Crippen LogP contribution in [0.1, 0.15) is 51.4 Å². The molecular weight excluding hydrogens is 344 g/mol. The maximum absolute atomic E-state index is 6.09. The Hall–Kier alpha value is -1.79. The first-order valence-corrected chi connectivity index (χ1v) is 10.3. The highest BCUT2D eigenvalue weighted by Gasteiger charge is 2.31. The second kappa shape index (κ2) is 6.43. The molecule has 1 aliphatic rings. The number of aryl methyl sites for hydroxylation is 1. The van der Waals surface area contributed by atoms with E-state index >= 15 is 0 Å². The van der Waals surface area contributed by atoms with Gasteiger partial charge in [0.15, 0.2) is 0 Å². The number of nitrogens with zero attached hydrogens (tertiary/aromatic N) is 4. The zero-order chi connectivity index (χ0) is 18.5. The zero-order valence-corrected chi connectivity index (χ0v) is 17.0. The molecule has 5 nitrogen and oxygen atoms in total. The number of pyridine rings is 1. The van der Waals surface area contributed by atoms with Crippen molar-refractivity contribution in [2.45, 2.75) is 59.7 Å². The van der Waals surface area contributed by atoms with Crippen LogP contribution in [0, 0.1) is 0 Å². The van der Waals surface area contributed by atoms with E-state index in [4.69, 9.17) is 9.72 Å². The SMILES string of the molecule is CCc1nc2sc3c(N(CC)CC)ncnc3c2c2c1COC(C)(C)C2. The molecule has 0 saturated carbocycles. The Morgan fingerprint density at radius 3 is 2.62 bits per heavy atom. The van der Waals surface area contributed by atoms with Crippen LogP contribution in [0.15, 0.2) is 6.33 Å². The van der Waals surface area contributed by atoms with Crippen molar-refractivity contribution in [3.8, 4) is 0 Å². The molecule has 0 N–H and O–H groups in total. The fourth-order valence-corrected chi connectivity index (χ4v) is 5.10. The molecule has 0 unspecified atom stereocenters. The minimum absolute atomic E-state index is 0.157. The van der Waals surface area contributed by atoms with Gasteiger partial charge >= 0.3 is 0 Å². The Balaban J connectivity index is 2.06. The summed E-state index contributed by atoms with van der Waals surface area (Å²) in [5.74, 6) is 1.03. The molecule has 4 rings (SSSR count). The molecular formula is C20H26N4OS. The van der Waals surface area contributed by atoms with Gasteiger partial charge in [0.1, 0.15) is 17.0 Å². The Bertz CT molecular complexity index is 975. The molecule has 0 atom stereocenters. The number of anilines is 1. The third-order valence-corrected chi connectivity index (χ3v) is 6.36. The van der Waals surface area contributed by atoms with Crippen LogP contribution >= 0.6 is 11.3 Å². The van der Waals surface area contributed by atoms with E-state index in [9.17, 15) is 0 Å². The summed E-state index contributed by atoms with van der Waals surface area (Å²) >= 11 is 1.73. The van der Waals surface area contributed by atoms with E-state index in [1.165, 1.54) is 16.5 Å². The Morgan fingerprint density at radius 2 is 1.92 bits per heavy atom. The van der Waals surface area contributed by atoms with E-state index in [0.29, 0.717) is 6.61 Å². The van der Waals surface area contributed by atoms with Crippen molar-refractivity contribution in [3.63, 3.8) is 0 Å². The molecule has 0 radical (unpaired) electrons. The molecule has 3 aromatic heterocycles. The van der Waals surface area contributed by atoms with Crippen LogP contribution in [0.3, 0.4) is 0 Å². The second-order valence-electron chi connectivity index (χ2n) is 7.42. The van der Waals surface area contributed by atoms with Crippen molar-refractivity contribution in [1.82, 2.24) is 15.0 Å². The minimum Gasteiger partial charge on any atom is -0.370 e. The van der Waals surface area contributed by atoms with Crippen LogP contribution < -0.4 is 4.90 Å². The first-order chi connectivity index (χ1) is 12.5. The molecule has 0 aliphatic carbocycles. The van der Waals surface area contributed by atoms with E-state index in [0.717, 1.165) is 52.5 Å². The average molecular weight is 371 g/mol. The molecule has 0 amide bonds. The Kier molecular flexibility index (Phi) is 4.35. The smallest absolute Gasteiger partial charge is 0.150 e. The van der Waals surface area contributed by atoms with Gasteiger partial charge in [0.05, 0.1) is 22.4 Å². The quantitative estimate of drug-likeness (QED) is 0.677. The van der Waals surface area contributed by atoms with Crippen LogP contribution in [-0.4, -0.2) is 33.6 Å². The van der Waals surface area contributed by atoms with Gasteiger partial charge in [-0.15, -0.1) is 11.3 Å².